The molecule has 3 aromatic rings. The summed E-state index contributed by atoms with van der Waals surface area (Å²) in [5, 5.41) is 8.98. The topological polar surface area (TPSA) is 136 Å². The number of carbonyl (C=O) groups excluding carboxylic acids is 1. The van der Waals surface area contributed by atoms with E-state index in [1.807, 2.05) is 0 Å². The molecule has 0 aliphatic carbocycles. The van der Waals surface area contributed by atoms with E-state index in [1.165, 1.54) is 19.2 Å². The number of aliphatic hydroxyl groups is 1. The number of nitrogens with zero attached hydrogens (tertiary/aromatic N) is 1. The Labute approximate surface area is 233 Å². The first kappa shape index (κ1) is 29.1. The molecule has 10 nitrogen and oxygen atoms in total. The van der Waals surface area contributed by atoms with E-state index in [1.54, 1.807) is 73.8 Å². The molecule has 1 aliphatic rings. The fraction of sp³-hybridized carbons (Fsp3) is 0.310. The molecule has 212 valence electrons. The van der Waals surface area contributed by atoms with Gasteiger partial charge in [-0.3, -0.25) is 10.2 Å². The van der Waals surface area contributed by atoms with Crippen molar-refractivity contribution in [3.05, 3.63) is 90.0 Å². The largest absolute Gasteiger partial charge is 0.497 e. The predicted molar refractivity (Wildman–Crippen MR) is 150 cm³/mol. The number of carbonyl (C=O) groups is 1. The molecule has 2 atom stereocenters. The summed E-state index contributed by atoms with van der Waals surface area (Å²) in [6.45, 7) is 0.402. The van der Waals surface area contributed by atoms with Crippen LogP contribution in [0, 0.1) is 0 Å². The number of sulfone groups is 1. The molecule has 3 N–H and O–H groups in total. The number of ether oxygens (including phenoxy) is 3. The van der Waals surface area contributed by atoms with Gasteiger partial charge < -0.3 is 19.3 Å². The Morgan fingerprint density at radius 1 is 1.05 bits per heavy atom. The fourth-order valence-corrected chi connectivity index (χ4v) is 5.82. The number of aliphatic hydroxyl groups excluding tert-OH is 1. The van der Waals surface area contributed by atoms with E-state index in [9.17, 15) is 13.2 Å². The summed E-state index contributed by atoms with van der Waals surface area (Å²) in [6, 6.07) is 22.2. The Balaban J connectivity index is 1.75. The second kappa shape index (κ2) is 12.9. The van der Waals surface area contributed by atoms with Gasteiger partial charge in [-0.1, -0.05) is 30.3 Å². The monoisotopic (exact) mass is 567 g/mol. The molecule has 1 aliphatic heterocycles. The average molecular weight is 568 g/mol. The highest BCUT2D eigenvalue weighted by Crippen LogP contribution is 2.43. The van der Waals surface area contributed by atoms with Crippen LogP contribution in [0.4, 0.5) is 0 Å². The summed E-state index contributed by atoms with van der Waals surface area (Å²) < 4.78 is 43.9. The number of amides is 1. The van der Waals surface area contributed by atoms with Crippen LogP contribution in [0.1, 0.15) is 30.1 Å². The fourth-order valence-electron chi connectivity index (χ4n) is 4.43. The molecule has 0 spiro atoms. The maximum Gasteiger partial charge on any atom is 0.266 e. The first-order valence-corrected chi connectivity index (χ1v) is 14.5. The molecular weight excluding hydrogens is 534 g/mol. The van der Waals surface area contributed by atoms with Gasteiger partial charge in [0, 0.05) is 32.1 Å². The van der Waals surface area contributed by atoms with Gasteiger partial charge in [-0.05, 0) is 54.1 Å². The molecule has 1 amide bonds. The van der Waals surface area contributed by atoms with Crippen LogP contribution in [0.25, 0.3) is 0 Å². The molecular formula is C29H33N3O7S. The third-order valence-electron chi connectivity index (χ3n) is 6.52. The minimum absolute atomic E-state index is 0.0329. The normalized spacial score (nSPS) is 18.5. The Bertz CT molecular complexity index is 1430. The van der Waals surface area contributed by atoms with Gasteiger partial charge in [-0.15, -0.1) is 0 Å². The Morgan fingerprint density at radius 2 is 1.80 bits per heavy atom. The van der Waals surface area contributed by atoms with Crippen LogP contribution >= 0.6 is 0 Å². The lowest BCUT2D eigenvalue weighted by atomic mass is 9.85. The molecule has 11 heteroatoms. The Kier molecular flexibility index (Phi) is 9.41. The van der Waals surface area contributed by atoms with Gasteiger partial charge in [-0.25, -0.2) is 18.8 Å². The molecule has 40 heavy (non-hydrogen) atoms. The number of methoxy groups -OCH3 is 1. The lowest BCUT2D eigenvalue weighted by molar-refractivity contribution is -0.129. The van der Waals surface area contributed by atoms with Crippen molar-refractivity contribution < 1.29 is 32.5 Å². The second-order valence-corrected chi connectivity index (χ2v) is 11.3. The van der Waals surface area contributed by atoms with Crippen molar-refractivity contribution in [2.45, 2.75) is 29.4 Å². The zero-order valence-electron chi connectivity index (χ0n) is 22.4. The molecule has 0 bridgehead atoms. The minimum Gasteiger partial charge on any atom is -0.497 e. The first-order valence-electron chi connectivity index (χ1n) is 12.8. The molecule has 0 saturated heterocycles. The zero-order chi connectivity index (χ0) is 28.6. The maximum atomic E-state index is 13.7. The first-order chi connectivity index (χ1) is 19.3. The standard InChI is InChI=1S/C29H33N3O7S/c1-30-32-28(34)29(16-19-40(35,36)25-10-4-3-5-11-25)26(22-8-6-9-24(20-22)37-2)39-27(31-29)21-12-14-23(15-13-21)38-18-7-17-33/h3-6,8-15,20,26,30,33H,7,16-19H2,1-2H3,(H,32,34)/t26-,29-/m0/s1. The van der Waals surface area contributed by atoms with Crippen molar-refractivity contribution in [2.24, 2.45) is 4.99 Å². The van der Waals surface area contributed by atoms with Gasteiger partial charge >= 0.3 is 0 Å². The van der Waals surface area contributed by atoms with Crippen molar-refractivity contribution in [3.8, 4) is 11.5 Å². The van der Waals surface area contributed by atoms with Gasteiger partial charge in [0.15, 0.2) is 21.5 Å². The van der Waals surface area contributed by atoms with Gasteiger partial charge in [-0.2, -0.15) is 0 Å². The van der Waals surface area contributed by atoms with Crippen LogP contribution < -0.4 is 20.3 Å². The number of hydrogen-bond acceptors (Lipinski definition) is 9. The molecule has 0 unspecified atom stereocenters. The van der Waals surface area contributed by atoms with Gasteiger partial charge in [0.1, 0.15) is 11.5 Å². The van der Waals surface area contributed by atoms with Crippen molar-refractivity contribution >= 4 is 21.6 Å². The average Bonchev–Trinajstić information content (AvgIpc) is 3.38. The second-order valence-electron chi connectivity index (χ2n) is 9.15. The molecule has 0 aromatic heterocycles. The van der Waals surface area contributed by atoms with Crippen LogP contribution in [-0.4, -0.2) is 64.0 Å². The summed E-state index contributed by atoms with van der Waals surface area (Å²) in [7, 11) is -0.656. The third kappa shape index (κ3) is 6.44. The van der Waals surface area contributed by atoms with Crippen molar-refractivity contribution in [3.63, 3.8) is 0 Å². The number of rotatable bonds is 13. The van der Waals surface area contributed by atoms with E-state index in [-0.39, 0.29) is 29.6 Å². The number of nitrogens with one attached hydrogen (secondary N) is 2. The van der Waals surface area contributed by atoms with Crippen LogP contribution in [-0.2, 0) is 19.4 Å². The predicted octanol–water partition coefficient (Wildman–Crippen LogP) is 2.83. The van der Waals surface area contributed by atoms with Crippen molar-refractivity contribution in [1.82, 2.24) is 10.9 Å². The molecule has 0 fully saturated rings. The summed E-state index contributed by atoms with van der Waals surface area (Å²) in [5.41, 5.74) is 4.82. The molecule has 0 saturated carbocycles. The van der Waals surface area contributed by atoms with E-state index in [0.717, 1.165) is 0 Å². The minimum atomic E-state index is -3.74. The van der Waals surface area contributed by atoms with Crippen LogP contribution in [0.3, 0.4) is 0 Å². The van der Waals surface area contributed by atoms with E-state index in [0.29, 0.717) is 35.7 Å². The summed E-state index contributed by atoms with van der Waals surface area (Å²) >= 11 is 0. The zero-order valence-corrected chi connectivity index (χ0v) is 23.2. The van der Waals surface area contributed by atoms with Crippen LogP contribution in [0.5, 0.6) is 11.5 Å². The number of benzene rings is 3. The highest BCUT2D eigenvalue weighted by Gasteiger charge is 2.53. The van der Waals surface area contributed by atoms with E-state index in [2.05, 4.69) is 10.9 Å². The highest BCUT2D eigenvalue weighted by atomic mass is 32.2. The smallest absolute Gasteiger partial charge is 0.266 e. The van der Waals surface area contributed by atoms with Crippen molar-refractivity contribution in [1.29, 1.82) is 0 Å². The Hall–Kier alpha value is -3.93. The summed E-state index contributed by atoms with van der Waals surface area (Å²) in [4.78, 5) is 18.7. The number of hydrogen-bond donors (Lipinski definition) is 3. The molecule has 4 rings (SSSR count). The quantitative estimate of drug-likeness (QED) is 0.212. The van der Waals surface area contributed by atoms with Gasteiger partial charge in [0.25, 0.3) is 5.91 Å². The van der Waals surface area contributed by atoms with E-state index >= 15 is 0 Å². The maximum absolute atomic E-state index is 13.7. The van der Waals surface area contributed by atoms with Gasteiger partial charge in [0.05, 0.1) is 24.4 Å². The third-order valence-corrected chi connectivity index (χ3v) is 8.25. The number of aliphatic imine (C=N–C) groups is 1. The van der Waals surface area contributed by atoms with Crippen molar-refractivity contribution in [2.75, 3.05) is 33.1 Å². The van der Waals surface area contributed by atoms with Gasteiger partial charge in [0.2, 0.25) is 5.90 Å². The van der Waals surface area contributed by atoms with Crippen LogP contribution in [0.15, 0.2) is 88.8 Å². The van der Waals surface area contributed by atoms with E-state index < -0.39 is 27.4 Å². The van der Waals surface area contributed by atoms with Crippen LogP contribution in [0.2, 0.25) is 0 Å². The Morgan fingerprint density at radius 3 is 2.48 bits per heavy atom. The SMILES string of the molecule is CNNC(=O)[C@@]1(CCS(=O)(=O)c2ccccc2)N=C(c2ccc(OCCCO)cc2)O[C@H]1c1cccc(OC)c1. The molecule has 1 heterocycles. The number of hydrazine groups is 1. The molecule has 3 aromatic carbocycles. The molecule has 0 radical (unpaired) electrons. The lowest BCUT2D eigenvalue weighted by Gasteiger charge is -2.30. The highest BCUT2D eigenvalue weighted by molar-refractivity contribution is 7.91. The summed E-state index contributed by atoms with van der Waals surface area (Å²) in [5.74, 6) is 0.474. The van der Waals surface area contributed by atoms with E-state index in [4.69, 9.17) is 24.3 Å². The lowest BCUT2D eigenvalue weighted by Crippen LogP contribution is -2.52. The summed E-state index contributed by atoms with van der Waals surface area (Å²) in [6.07, 6.45) is -0.585.